The van der Waals surface area contributed by atoms with E-state index in [0.717, 1.165) is 6.42 Å². The van der Waals surface area contributed by atoms with Crippen LogP contribution in [0.2, 0.25) is 10.0 Å². The fraction of sp³-hybridized carbons (Fsp3) is 0.364. The van der Waals surface area contributed by atoms with E-state index in [-0.39, 0.29) is 29.4 Å². The molecule has 0 bridgehead atoms. The molecule has 33 heavy (non-hydrogen) atoms. The van der Waals surface area contributed by atoms with Crippen molar-refractivity contribution in [3.63, 3.8) is 0 Å². The molecule has 1 heterocycles. The van der Waals surface area contributed by atoms with E-state index in [9.17, 15) is 16.8 Å². The van der Waals surface area contributed by atoms with E-state index in [1.165, 1.54) is 52.8 Å². The molecule has 180 valence electrons. The Morgan fingerprint density at radius 1 is 0.939 bits per heavy atom. The number of aliphatic hydroxyl groups excluding tert-OH is 1. The van der Waals surface area contributed by atoms with Crippen molar-refractivity contribution in [3.05, 3.63) is 70.7 Å². The van der Waals surface area contributed by atoms with Crippen molar-refractivity contribution in [2.24, 2.45) is 0 Å². The van der Waals surface area contributed by atoms with Gasteiger partial charge in [0.1, 0.15) is 0 Å². The number of allylic oxidation sites excluding steroid dienone is 1. The van der Waals surface area contributed by atoms with Crippen LogP contribution < -0.4 is 4.72 Å². The molecule has 2 aromatic carbocycles. The summed E-state index contributed by atoms with van der Waals surface area (Å²) in [7, 11) is -7.73. The standard InChI is InChI=1S/C22H26Cl2N2O5S2/c23-17-6-10-21(11-7-17)32(28,29)25-19-15-20(5-3-1-2-4-14-27)26(16-19)33(30,31)22-12-8-18(24)9-13-22/h3,5-13,19-20,25,27H,1-2,4,14-16H2/t19-,20-/m1/s1. The fourth-order valence-electron chi connectivity index (χ4n) is 3.64. The average Bonchev–Trinajstić information content (AvgIpc) is 3.17. The highest BCUT2D eigenvalue weighted by atomic mass is 35.5. The van der Waals surface area contributed by atoms with Crippen molar-refractivity contribution >= 4 is 43.2 Å². The zero-order valence-electron chi connectivity index (χ0n) is 17.8. The van der Waals surface area contributed by atoms with Gasteiger partial charge in [0, 0.05) is 35.3 Å². The molecule has 2 atom stereocenters. The molecule has 11 heteroatoms. The number of hydrogen-bond acceptors (Lipinski definition) is 5. The predicted octanol–water partition coefficient (Wildman–Crippen LogP) is 3.82. The first-order valence-corrected chi connectivity index (χ1v) is 14.1. The summed E-state index contributed by atoms with van der Waals surface area (Å²) in [6, 6.07) is 10.5. The molecule has 0 spiro atoms. The molecule has 0 amide bonds. The zero-order chi connectivity index (χ0) is 24.1. The molecule has 0 aliphatic carbocycles. The second kappa shape index (κ2) is 11.3. The average molecular weight is 533 g/mol. The molecule has 0 unspecified atom stereocenters. The SMILES string of the molecule is O=S(=O)(N[C@@H]1C[C@@H](C=CCCCCO)N(S(=O)(=O)c2ccc(Cl)cc2)C1)c1ccc(Cl)cc1. The summed E-state index contributed by atoms with van der Waals surface area (Å²) in [6.07, 6.45) is 6.08. The Hall–Kier alpha value is -1.46. The predicted molar refractivity (Wildman–Crippen MR) is 129 cm³/mol. The van der Waals surface area contributed by atoms with E-state index < -0.39 is 32.1 Å². The normalized spacial score (nSPS) is 20.0. The van der Waals surface area contributed by atoms with E-state index in [4.69, 9.17) is 28.3 Å². The lowest BCUT2D eigenvalue weighted by molar-refractivity contribution is 0.285. The maximum atomic E-state index is 13.3. The number of halogens is 2. The Morgan fingerprint density at radius 3 is 2.09 bits per heavy atom. The lowest BCUT2D eigenvalue weighted by Crippen LogP contribution is -2.39. The molecule has 0 saturated carbocycles. The summed E-state index contributed by atoms with van der Waals surface area (Å²) in [5.74, 6) is 0. The smallest absolute Gasteiger partial charge is 0.243 e. The van der Waals surface area contributed by atoms with Gasteiger partial charge in [0.2, 0.25) is 20.0 Å². The zero-order valence-corrected chi connectivity index (χ0v) is 20.9. The van der Waals surface area contributed by atoms with Crippen LogP contribution in [0, 0.1) is 0 Å². The van der Waals surface area contributed by atoms with E-state index in [0.29, 0.717) is 22.9 Å². The molecule has 1 aliphatic rings. The van der Waals surface area contributed by atoms with Crippen LogP contribution in [0.25, 0.3) is 0 Å². The van der Waals surface area contributed by atoms with Crippen LogP contribution in [0.1, 0.15) is 25.7 Å². The quantitative estimate of drug-likeness (QED) is 0.357. The number of sulfonamides is 2. The Bertz CT molecular complexity index is 1170. The van der Waals surface area contributed by atoms with E-state index in [1.54, 1.807) is 6.08 Å². The van der Waals surface area contributed by atoms with Crippen molar-refractivity contribution in [1.82, 2.24) is 9.03 Å². The van der Waals surface area contributed by atoms with Gasteiger partial charge in [-0.05, 0) is 74.2 Å². The molecule has 2 N–H and O–H groups in total. The van der Waals surface area contributed by atoms with Crippen molar-refractivity contribution in [3.8, 4) is 0 Å². The number of benzene rings is 2. The molecule has 0 radical (unpaired) electrons. The third kappa shape index (κ3) is 6.79. The van der Waals surface area contributed by atoms with Gasteiger partial charge in [0.25, 0.3) is 0 Å². The lowest BCUT2D eigenvalue weighted by Gasteiger charge is -2.22. The van der Waals surface area contributed by atoms with Gasteiger partial charge in [0.05, 0.1) is 9.79 Å². The highest BCUT2D eigenvalue weighted by molar-refractivity contribution is 7.89. The third-order valence-electron chi connectivity index (χ3n) is 5.30. The van der Waals surface area contributed by atoms with Crippen molar-refractivity contribution in [2.45, 2.75) is 47.6 Å². The minimum absolute atomic E-state index is 0.0105. The van der Waals surface area contributed by atoms with Gasteiger partial charge in [-0.15, -0.1) is 0 Å². The van der Waals surface area contributed by atoms with Crippen LogP contribution in [0.15, 0.2) is 70.5 Å². The van der Waals surface area contributed by atoms with Gasteiger partial charge in [-0.25, -0.2) is 21.6 Å². The summed E-state index contributed by atoms with van der Waals surface area (Å²) in [5.41, 5.74) is 0. The maximum Gasteiger partial charge on any atom is 0.243 e. The monoisotopic (exact) mass is 532 g/mol. The topological polar surface area (TPSA) is 104 Å². The lowest BCUT2D eigenvalue weighted by atomic mass is 10.1. The molecule has 7 nitrogen and oxygen atoms in total. The van der Waals surface area contributed by atoms with Crippen LogP contribution >= 0.6 is 23.2 Å². The highest BCUT2D eigenvalue weighted by Gasteiger charge is 2.40. The molecule has 1 fully saturated rings. The molecular formula is C22H26Cl2N2O5S2. The highest BCUT2D eigenvalue weighted by Crippen LogP contribution is 2.29. The van der Waals surface area contributed by atoms with Crippen molar-refractivity contribution in [2.75, 3.05) is 13.2 Å². The third-order valence-corrected chi connectivity index (χ3v) is 9.24. The minimum atomic E-state index is -3.88. The molecule has 3 rings (SSSR count). The van der Waals surface area contributed by atoms with E-state index in [1.807, 2.05) is 6.08 Å². The van der Waals surface area contributed by atoms with Crippen molar-refractivity contribution < 1.29 is 21.9 Å². The largest absolute Gasteiger partial charge is 0.396 e. The molecular weight excluding hydrogens is 507 g/mol. The first kappa shape index (κ1) is 26.2. The van der Waals surface area contributed by atoms with Gasteiger partial charge in [-0.2, -0.15) is 4.31 Å². The number of unbranched alkanes of at least 4 members (excludes halogenated alkanes) is 2. The minimum Gasteiger partial charge on any atom is -0.396 e. The van der Waals surface area contributed by atoms with Gasteiger partial charge in [-0.3, -0.25) is 0 Å². The number of hydrogen-bond donors (Lipinski definition) is 2. The molecule has 2 aromatic rings. The second-order valence-electron chi connectivity index (χ2n) is 7.75. The van der Waals surface area contributed by atoms with Crippen LogP contribution in [-0.4, -0.2) is 51.5 Å². The van der Waals surface area contributed by atoms with Crippen LogP contribution in [0.3, 0.4) is 0 Å². The van der Waals surface area contributed by atoms with E-state index >= 15 is 0 Å². The maximum absolute atomic E-state index is 13.3. The second-order valence-corrected chi connectivity index (χ2v) is 12.2. The van der Waals surface area contributed by atoms with Gasteiger partial charge in [0.15, 0.2) is 0 Å². The summed E-state index contributed by atoms with van der Waals surface area (Å²) >= 11 is 11.8. The molecule has 1 aliphatic heterocycles. The summed E-state index contributed by atoms with van der Waals surface area (Å²) < 4.78 is 56.3. The Balaban J connectivity index is 1.83. The Labute approximate surface area is 205 Å². The van der Waals surface area contributed by atoms with Crippen molar-refractivity contribution in [1.29, 1.82) is 0 Å². The summed E-state index contributed by atoms with van der Waals surface area (Å²) in [5, 5.41) is 9.77. The molecule has 0 aromatic heterocycles. The van der Waals surface area contributed by atoms with Gasteiger partial charge < -0.3 is 5.11 Å². The fourth-order valence-corrected chi connectivity index (χ4v) is 6.77. The Morgan fingerprint density at radius 2 is 1.52 bits per heavy atom. The number of nitrogens with zero attached hydrogens (tertiary/aromatic N) is 1. The van der Waals surface area contributed by atoms with Crippen LogP contribution in [-0.2, 0) is 20.0 Å². The molecule has 1 saturated heterocycles. The van der Waals surface area contributed by atoms with Gasteiger partial charge >= 0.3 is 0 Å². The summed E-state index contributed by atoms with van der Waals surface area (Å²) in [6.45, 7) is 0.0896. The first-order valence-electron chi connectivity index (χ1n) is 10.5. The van der Waals surface area contributed by atoms with Gasteiger partial charge in [-0.1, -0.05) is 35.4 Å². The van der Waals surface area contributed by atoms with E-state index in [2.05, 4.69) is 4.72 Å². The summed E-state index contributed by atoms with van der Waals surface area (Å²) in [4.78, 5) is 0.147. The number of rotatable bonds is 10. The first-order chi connectivity index (χ1) is 15.6. The Kier molecular flexibility index (Phi) is 8.96. The number of nitrogens with one attached hydrogen (secondary N) is 1. The van der Waals surface area contributed by atoms with Crippen LogP contribution in [0.4, 0.5) is 0 Å². The van der Waals surface area contributed by atoms with Crippen LogP contribution in [0.5, 0.6) is 0 Å². The number of aliphatic hydroxyl groups is 1.